The van der Waals surface area contributed by atoms with E-state index in [2.05, 4.69) is 34.1 Å². The number of fused-ring (bicyclic) bond motifs is 1. The van der Waals surface area contributed by atoms with Crippen molar-refractivity contribution < 1.29 is 9.53 Å². The molecule has 0 amide bonds. The summed E-state index contributed by atoms with van der Waals surface area (Å²) < 4.78 is 5.41. The molecule has 2 aromatic rings. The highest BCUT2D eigenvalue weighted by molar-refractivity contribution is 6.02. The van der Waals surface area contributed by atoms with Gasteiger partial charge in [-0.15, -0.1) is 0 Å². The third-order valence-corrected chi connectivity index (χ3v) is 4.35. The number of nitrogens with zero attached hydrogens (tertiary/aromatic N) is 2. The molecular formula is C19H18N2O2. The Morgan fingerprint density at radius 2 is 1.48 bits per heavy atom. The summed E-state index contributed by atoms with van der Waals surface area (Å²) in [5, 5.41) is 0. The fourth-order valence-corrected chi connectivity index (χ4v) is 3.10. The van der Waals surface area contributed by atoms with Gasteiger partial charge < -0.3 is 14.5 Å². The Labute approximate surface area is 135 Å². The summed E-state index contributed by atoms with van der Waals surface area (Å²) in [7, 11) is 0. The van der Waals surface area contributed by atoms with Crippen molar-refractivity contribution in [2.45, 2.75) is 0 Å². The van der Waals surface area contributed by atoms with E-state index in [1.807, 2.05) is 36.5 Å². The van der Waals surface area contributed by atoms with Crippen molar-refractivity contribution in [1.82, 2.24) is 4.90 Å². The molecule has 0 atom stereocenters. The summed E-state index contributed by atoms with van der Waals surface area (Å²) in [6.07, 6.45) is 1.98. The summed E-state index contributed by atoms with van der Waals surface area (Å²) in [4.78, 5) is 16.5. The molecule has 0 aliphatic carbocycles. The minimum atomic E-state index is -0.255. The van der Waals surface area contributed by atoms with E-state index in [0.717, 1.165) is 31.7 Å². The molecule has 2 aromatic carbocycles. The zero-order chi connectivity index (χ0) is 15.6. The van der Waals surface area contributed by atoms with Crippen molar-refractivity contribution in [2.24, 2.45) is 0 Å². The van der Waals surface area contributed by atoms with Crippen LogP contribution in [0, 0.1) is 0 Å². The Kier molecular flexibility index (Phi) is 3.50. The van der Waals surface area contributed by atoms with E-state index in [9.17, 15) is 4.79 Å². The number of piperazine rings is 1. The van der Waals surface area contributed by atoms with E-state index in [1.54, 1.807) is 0 Å². The normalized spacial score (nSPS) is 19.0. The quantitative estimate of drug-likeness (QED) is 0.799. The van der Waals surface area contributed by atoms with E-state index in [4.69, 9.17) is 4.74 Å². The van der Waals surface area contributed by atoms with Gasteiger partial charge in [0.05, 0.1) is 5.56 Å². The van der Waals surface area contributed by atoms with Crippen LogP contribution in [0.2, 0.25) is 0 Å². The molecule has 0 radical (unpaired) electrons. The number of cyclic esters (lactones) is 1. The summed E-state index contributed by atoms with van der Waals surface area (Å²) >= 11 is 0. The van der Waals surface area contributed by atoms with Gasteiger partial charge in [-0.05, 0) is 18.2 Å². The van der Waals surface area contributed by atoms with E-state index < -0.39 is 0 Å². The summed E-state index contributed by atoms with van der Waals surface area (Å²) in [6.45, 7) is 3.75. The van der Waals surface area contributed by atoms with Crippen molar-refractivity contribution in [3.8, 4) is 0 Å². The molecule has 2 aliphatic heterocycles. The number of benzene rings is 2. The summed E-state index contributed by atoms with van der Waals surface area (Å²) in [5.74, 6) is 0.411. The number of para-hydroxylation sites is 1. The first-order valence-corrected chi connectivity index (χ1v) is 7.89. The van der Waals surface area contributed by atoms with Crippen LogP contribution in [-0.4, -0.2) is 37.0 Å². The lowest BCUT2D eigenvalue weighted by Crippen LogP contribution is -2.44. The maximum absolute atomic E-state index is 11.9. The van der Waals surface area contributed by atoms with Gasteiger partial charge in [-0.25, -0.2) is 4.79 Å². The van der Waals surface area contributed by atoms with Crippen LogP contribution in [-0.2, 0) is 4.74 Å². The number of carbonyl (C=O) groups is 1. The fourth-order valence-electron chi connectivity index (χ4n) is 3.10. The van der Waals surface area contributed by atoms with Gasteiger partial charge in [0.25, 0.3) is 0 Å². The Balaban J connectivity index is 1.47. The first-order chi connectivity index (χ1) is 11.3. The van der Waals surface area contributed by atoms with Crippen molar-refractivity contribution in [1.29, 1.82) is 0 Å². The minimum Gasteiger partial charge on any atom is -0.421 e. The zero-order valence-corrected chi connectivity index (χ0v) is 12.8. The van der Waals surface area contributed by atoms with Gasteiger partial charge in [-0.1, -0.05) is 36.4 Å². The predicted octanol–water partition coefficient (Wildman–Crippen LogP) is 2.98. The van der Waals surface area contributed by atoms with Gasteiger partial charge in [0.1, 0.15) is 0 Å². The molecular weight excluding hydrogens is 288 g/mol. The standard InChI is InChI=1S/C19H18N2O2/c22-19-17-9-5-4-8-16(17)18(23-19)14-20-10-12-21(13-11-20)15-6-2-1-3-7-15/h1-9,14H,10-13H2. The van der Waals surface area contributed by atoms with Crippen molar-refractivity contribution in [3.63, 3.8) is 0 Å². The van der Waals surface area contributed by atoms with Crippen LogP contribution >= 0.6 is 0 Å². The maximum Gasteiger partial charge on any atom is 0.344 e. The number of hydrogen-bond acceptors (Lipinski definition) is 4. The van der Waals surface area contributed by atoms with E-state index in [-0.39, 0.29) is 5.97 Å². The highest BCUT2D eigenvalue weighted by atomic mass is 16.5. The van der Waals surface area contributed by atoms with Gasteiger partial charge in [-0.2, -0.15) is 0 Å². The Bertz CT molecular complexity index is 747. The molecule has 116 valence electrons. The number of carbonyl (C=O) groups excluding carboxylic acids is 1. The number of rotatable bonds is 2. The Morgan fingerprint density at radius 3 is 2.22 bits per heavy atom. The molecule has 0 unspecified atom stereocenters. The lowest BCUT2D eigenvalue weighted by Gasteiger charge is -2.35. The molecule has 1 saturated heterocycles. The molecule has 2 heterocycles. The van der Waals surface area contributed by atoms with Crippen LogP contribution in [0.5, 0.6) is 0 Å². The highest BCUT2D eigenvalue weighted by Gasteiger charge is 2.27. The SMILES string of the molecule is O=C1OC(=CN2CCN(c3ccccc3)CC2)c2ccccc21. The number of hydrogen-bond donors (Lipinski definition) is 0. The van der Waals surface area contributed by atoms with Gasteiger partial charge in [0.2, 0.25) is 0 Å². The first kappa shape index (κ1) is 13.9. The molecule has 0 saturated carbocycles. The predicted molar refractivity (Wildman–Crippen MR) is 90.1 cm³/mol. The average Bonchev–Trinajstić information content (AvgIpc) is 2.93. The van der Waals surface area contributed by atoms with Crippen LogP contribution in [0.25, 0.3) is 5.76 Å². The van der Waals surface area contributed by atoms with Gasteiger partial charge >= 0.3 is 5.97 Å². The van der Waals surface area contributed by atoms with E-state index in [0.29, 0.717) is 11.3 Å². The van der Waals surface area contributed by atoms with Crippen molar-refractivity contribution >= 4 is 17.4 Å². The molecule has 23 heavy (non-hydrogen) atoms. The molecule has 4 heteroatoms. The smallest absolute Gasteiger partial charge is 0.344 e. The van der Waals surface area contributed by atoms with Gasteiger partial charge in [0.15, 0.2) is 5.76 Å². The van der Waals surface area contributed by atoms with Gasteiger partial charge in [-0.3, -0.25) is 0 Å². The summed E-state index contributed by atoms with van der Waals surface area (Å²) in [6, 6.07) is 18.0. The second-order valence-corrected chi connectivity index (χ2v) is 5.79. The monoisotopic (exact) mass is 306 g/mol. The van der Waals surface area contributed by atoms with Crippen LogP contribution in [0.3, 0.4) is 0 Å². The Morgan fingerprint density at radius 1 is 0.826 bits per heavy atom. The van der Waals surface area contributed by atoms with E-state index in [1.165, 1.54) is 5.69 Å². The lowest BCUT2D eigenvalue weighted by atomic mass is 10.1. The molecule has 0 N–H and O–H groups in total. The van der Waals surface area contributed by atoms with E-state index >= 15 is 0 Å². The van der Waals surface area contributed by atoms with Crippen molar-refractivity contribution in [3.05, 3.63) is 71.9 Å². The third-order valence-electron chi connectivity index (χ3n) is 4.35. The highest BCUT2D eigenvalue weighted by Crippen LogP contribution is 2.30. The molecule has 4 rings (SSSR count). The molecule has 0 bridgehead atoms. The molecule has 0 aromatic heterocycles. The van der Waals surface area contributed by atoms with Crippen LogP contribution < -0.4 is 4.90 Å². The second-order valence-electron chi connectivity index (χ2n) is 5.79. The minimum absolute atomic E-state index is 0.255. The van der Waals surface area contributed by atoms with Crippen LogP contribution in [0.4, 0.5) is 5.69 Å². The molecule has 1 fully saturated rings. The maximum atomic E-state index is 11.9. The lowest BCUT2D eigenvalue weighted by molar-refractivity contribution is 0.0713. The average molecular weight is 306 g/mol. The largest absolute Gasteiger partial charge is 0.421 e. The van der Waals surface area contributed by atoms with Crippen molar-refractivity contribution in [2.75, 3.05) is 31.1 Å². The number of anilines is 1. The van der Waals surface area contributed by atoms with Crippen LogP contribution in [0.1, 0.15) is 15.9 Å². The van der Waals surface area contributed by atoms with Gasteiger partial charge in [0, 0.05) is 43.6 Å². The molecule has 4 nitrogen and oxygen atoms in total. The Hall–Kier alpha value is -2.75. The van der Waals surface area contributed by atoms with Crippen LogP contribution in [0.15, 0.2) is 60.8 Å². The topological polar surface area (TPSA) is 32.8 Å². The molecule has 2 aliphatic rings. The summed E-state index contributed by atoms with van der Waals surface area (Å²) in [5.41, 5.74) is 2.81. The third kappa shape index (κ3) is 2.68. The zero-order valence-electron chi connectivity index (χ0n) is 12.8. The first-order valence-electron chi connectivity index (χ1n) is 7.89. The molecule has 0 spiro atoms. The second kappa shape index (κ2) is 5.80. The number of esters is 1. The fraction of sp³-hybridized carbons (Fsp3) is 0.211. The number of ether oxygens (including phenoxy) is 1.